The van der Waals surface area contributed by atoms with Crippen LogP contribution in [0.25, 0.3) is 0 Å². The fraction of sp³-hybridized carbons (Fsp3) is 0.700. The molecule has 1 atom stereocenters. The number of nitrogens with one attached hydrogen (secondary N) is 1. The molecule has 0 aromatic carbocycles. The van der Waals surface area contributed by atoms with Crippen molar-refractivity contribution in [2.45, 2.75) is 39.7 Å². The Morgan fingerprint density at radius 1 is 1.54 bits per heavy atom. The summed E-state index contributed by atoms with van der Waals surface area (Å²) in [6, 6.07) is 0.0558. The molecule has 0 amide bonds. The molecule has 0 aliphatic carbocycles. The van der Waals surface area contributed by atoms with E-state index in [1.165, 1.54) is 0 Å². The molecule has 1 aromatic heterocycles. The Bertz CT molecular complexity index is 252. The zero-order chi connectivity index (χ0) is 9.84. The fourth-order valence-electron chi connectivity index (χ4n) is 1.36. The van der Waals surface area contributed by atoms with Gasteiger partial charge in [0.05, 0.1) is 6.04 Å². The first-order valence-corrected chi connectivity index (χ1v) is 4.92. The Morgan fingerprint density at radius 2 is 2.23 bits per heavy atom. The van der Waals surface area contributed by atoms with E-state index in [1.807, 2.05) is 6.20 Å². The molecule has 13 heavy (non-hydrogen) atoms. The smallest absolute Gasteiger partial charge is 0.123 e. The second-order valence-electron chi connectivity index (χ2n) is 3.88. The number of imidazole rings is 1. The first-order chi connectivity index (χ1) is 6.13. The van der Waals surface area contributed by atoms with Crippen molar-refractivity contribution < 1.29 is 0 Å². The third kappa shape index (κ3) is 2.84. The average molecular weight is 181 g/mol. The predicted octanol–water partition coefficient (Wildman–Crippen LogP) is 2.02. The molecule has 0 bridgehead atoms. The summed E-state index contributed by atoms with van der Waals surface area (Å²) in [4.78, 5) is 7.49. The van der Waals surface area contributed by atoms with Crippen LogP contribution in [0, 0.1) is 5.92 Å². The van der Waals surface area contributed by atoms with Crippen molar-refractivity contribution in [2.75, 3.05) is 0 Å². The molecule has 3 nitrogen and oxygen atoms in total. The first-order valence-electron chi connectivity index (χ1n) is 4.92. The van der Waals surface area contributed by atoms with Gasteiger partial charge >= 0.3 is 0 Å². The van der Waals surface area contributed by atoms with Crippen LogP contribution in [0.15, 0.2) is 6.20 Å². The zero-order valence-corrected chi connectivity index (χ0v) is 8.67. The van der Waals surface area contributed by atoms with Crippen molar-refractivity contribution in [3.8, 4) is 0 Å². The van der Waals surface area contributed by atoms with E-state index in [9.17, 15) is 0 Å². The van der Waals surface area contributed by atoms with Crippen molar-refractivity contribution >= 4 is 0 Å². The van der Waals surface area contributed by atoms with Crippen LogP contribution >= 0.6 is 0 Å². The molecule has 0 aliphatic heterocycles. The van der Waals surface area contributed by atoms with Crippen LogP contribution in [-0.4, -0.2) is 9.97 Å². The molecule has 0 fully saturated rings. The van der Waals surface area contributed by atoms with Crippen molar-refractivity contribution in [2.24, 2.45) is 11.7 Å². The van der Waals surface area contributed by atoms with Gasteiger partial charge in [0.25, 0.3) is 0 Å². The second kappa shape index (κ2) is 4.42. The molecule has 1 heterocycles. The second-order valence-corrected chi connectivity index (χ2v) is 3.88. The van der Waals surface area contributed by atoms with Crippen LogP contribution in [0.4, 0.5) is 0 Å². The molecule has 3 N–H and O–H groups in total. The highest BCUT2D eigenvalue weighted by atomic mass is 15.0. The quantitative estimate of drug-likeness (QED) is 0.746. The number of hydrogen-bond acceptors (Lipinski definition) is 2. The number of hydrogen-bond donors (Lipinski definition) is 2. The van der Waals surface area contributed by atoms with E-state index in [4.69, 9.17) is 5.73 Å². The van der Waals surface area contributed by atoms with Gasteiger partial charge in [-0.2, -0.15) is 0 Å². The average Bonchev–Trinajstić information content (AvgIpc) is 2.50. The van der Waals surface area contributed by atoms with Gasteiger partial charge in [-0.25, -0.2) is 4.98 Å². The lowest BCUT2D eigenvalue weighted by Crippen LogP contribution is -2.14. The molecule has 1 aromatic rings. The minimum atomic E-state index is 0.0558. The third-order valence-electron chi connectivity index (χ3n) is 2.11. The maximum atomic E-state index is 5.97. The maximum absolute atomic E-state index is 5.97. The van der Waals surface area contributed by atoms with Crippen molar-refractivity contribution in [3.05, 3.63) is 17.7 Å². The molecule has 0 aliphatic rings. The highest BCUT2D eigenvalue weighted by Gasteiger charge is 2.11. The van der Waals surface area contributed by atoms with Gasteiger partial charge in [-0.05, 0) is 18.8 Å². The fourth-order valence-corrected chi connectivity index (χ4v) is 1.36. The van der Waals surface area contributed by atoms with Gasteiger partial charge in [0, 0.05) is 11.9 Å². The summed E-state index contributed by atoms with van der Waals surface area (Å²) in [5.41, 5.74) is 7.13. The molecule has 74 valence electrons. The van der Waals surface area contributed by atoms with E-state index in [0.717, 1.165) is 24.4 Å². The SMILES string of the molecule is CCc1cnc(C(N)CC(C)C)[nH]1. The van der Waals surface area contributed by atoms with Gasteiger partial charge in [0.1, 0.15) is 5.82 Å². The Hall–Kier alpha value is -0.830. The summed E-state index contributed by atoms with van der Waals surface area (Å²) in [6.07, 6.45) is 3.84. The van der Waals surface area contributed by atoms with Crippen molar-refractivity contribution in [1.82, 2.24) is 9.97 Å². The summed E-state index contributed by atoms with van der Waals surface area (Å²) >= 11 is 0. The summed E-state index contributed by atoms with van der Waals surface area (Å²) in [5.74, 6) is 1.54. The van der Waals surface area contributed by atoms with E-state index in [0.29, 0.717) is 5.92 Å². The molecule has 0 spiro atoms. The van der Waals surface area contributed by atoms with E-state index >= 15 is 0 Å². The Balaban J connectivity index is 2.60. The maximum Gasteiger partial charge on any atom is 0.123 e. The van der Waals surface area contributed by atoms with E-state index in [1.54, 1.807) is 0 Å². The van der Waals surface area contributed by atoms with E-state index < -0.39 is 0 Å². The van der Waals surface area contributed by atoms with Crippen LogP contribution < -0.4 is 5.73 Å². The number of rotatable bonds is 4. The van der Waals surface area contributed by atoms with Gasteiger partial charge in [-0.1, -0.05) is 20.8 Å². The number of H-pyrrole nitrogens is 1. The predicted molar refractivity (Wildman–Crippen MR) is 54.3 cm³/mol. The number of aromatic nitrogens is 2. The van der Waals surface area contributed by atoms with Gasteiger partial charge in [0.2, 0.25) is 0 Å². The molecule has 1 unspecified atom stereocenters. The molecule has 0 saturated heterocycles. The largest absolute Gasteiger partial charge is 0.345 e. The highest BCUT2D eigenvalue weighted by Crippen LogP contribution is 2.15. The number of nitrogens with two attached hydrogens (primary N) is 1. The minimum absolute atomic E-state index is 0.0558. The lowest BCUT2D eigenvalue weighted by atomic mass is 10.0. The van der Waals surface area contributed by atoms with Crippen LogP contribution in [0.1, 0.15) is 44.8 Å². The molecule has 0 saturated carbocycles. The normalized spacial score (nSPS) is 13.6. The lowest BCUT2D eigenvalue weighted by Gasteiger charge is -2.10. The van der Waals surface area contributed by atoms with Gasteiger partial charge in [-0.15, -0.1) is 0 Å². The van der Waals surface area contributed by atoms with Crippen LogP contribution in [0.2, 0.25) is 0 Å². The number of aryl methyl sites for hydroxylation is 1. The Labute approximate surface area is 79.8 Å². The Kier molecular flexibility index (Phi) is 3.48. The Morgan fingerprint density at radius 3 is 2.69 bits per heavy atom. The van der Waals surface area contributed by atoms with Crippen LogP contribution in [0.5, 0.6) is 0 Å². The summed E-state index contributed by atoms with van der Waals surface area (Å²) in [6.45, 7) is 6.44. The van der Waals surface area contributed by atoms with Gasteiger partial charge in [0.15, 0.2) is 0 Å². The lowest BCUT2D eigenvalue weighted by molar-refractivity contribution is 0.495. The molecule has 0 radical (unpaired) electrons. The third-order valence-corrected chi connectivity index (χ3v) is 2.11. The van der Waals surface area contributed by atoms with E-state index in [2.05, 4.69) is 30.7 Å². The van der Waals surface area contributed by atoms with Crippen molar-refractivity contribution in [1.29, 1.82) is 0 Å². The van der Waals surface area contributed by atoms with Crippen LogP contribution in [0.3, 0.4) is 0 Å². The summed E-state index contributed by atoms with van der Waals surface area (Å²) in [5, 5.41) is 0. The standard InChI is InChI=1S/C10H19N3/c1-4-8-6-12-10(13-8)9(11)5-7(2)3/h6-7,9H,4-5,11H2,1-3H3,(H,12,13). The highest BCUT2D eigenvalue weighted by molar-refractivity contribution is 5.04. The number of nitrogens with zero attached hydrogens (tertiary/aromatic N) is 1. The minimum Gasteiger partial charge on any atom is -0.345 e. The topological polar surface area (TPSA) is 54.7 Å². The van der Waals surface area contributed by atoms with Gasteiger partial charge < -0.3 is 10.7 Å². The number of aromatic amines is 1. The zero-order valence-electron chi connectivity index (χ0n) is 8.67. The first kappa shape index (κ1) is 10.3. The van der Waals surface area contributed by atoms with E-state index in [-0.39, 0.29) is 6.04 Å². The van der Waals surface area contributed by atoms with Gasteiger partial charge in [-0.3, -0.25) is 0 Å². The summed E-state index contributed by atoms with van der Waals surface area (Å²) in [7, 11) is 0. The molecular weight excluding hydrogens is 162 g/mol. The van der Waals surface area contributed by atoms with Crippen LogP contribution in [-0.2, 0) is 6.42 Å². The monoisotopic (exact) mass is 181 g/mol. The molecule has 1 rings (SSSR count). The van der Waals surface area contributed by atoms with Crippen molar-refractivity contribution in [3.63, 3.8) is 0 Å². The molecule has 3 heteroatoms. The summed E-state index contributed by atoms with van der Waals surface area (Å²) < 4.78 is 0. The molecular formula is C10H19N3.